The van der Waals surface area contributed by atoms with Crippen LogP contribution in [-0.2, 0) is 0 Å². The van der Waals surface area contributed by atoms with Crippen LogP contribution in [0.15, 0.2) is 60.8 Å². The van der Waals surface area contributed by atoms with Gasteiger partial charge in [-0.05, 0) is 37.2 Å². The Morgan fingerprint density at radius 1 is 1.04 bits per heavy atom. The summed E-state index contributed by atoms with van der Waals surface area (Å²) in [5.41, 5.74) is 2.96. The van der Waals surface area contributed by atoms with E-state index in [1.165, 1.54) is 0 Å². The van der Waals surface area contributed by atoms with Crippen LogP contribution < -0.4 is 10.1 Å². The second-order valence-electron chi connectivity index (χ2n) is 6.77. The lowest BCUT2D eigenvalue weighted by atomic mass is 10.1. The third-order valence-electron chi connectivity index (χ3n) is 4.95. The largest absolute Gasteiger partial charge is 0.496 e. The van der Waals surface area contributed by atoms with Crippen molar-refractivity contribution in [2.45, 2.75) is 6.42 Å². The highest BCUT2D eigenvalue weighted by Crippen LogP contribution is 2.32. The second-order valence-corrected chi connectivity index (χ2v) is 6.77. The van der Waals surface area contributed by atoms with Gasteiger partial charge in [0.1, 0.15) is 11.4 Å². The van der Waals surface area contributed by atoms with Crippen LogP contribution in [0.3, 0.4) is 0 Å². The third-order valence-corrected chi connectivity index (χ3v) is 4.95. The number of amides is 1. The van der Waals surface area contributed by atoms with E-state index in [-0.39, 0.29) is 5.91 Å². The molecule has 1 aromatic heterocycles. The first-order valence-corrected chi connectivity index (χ1v) is 9.56. The van der Waals surface area contributed by atoms with Crippen molar-refractivity contribution in [2.75, 3.05) is 33.3 Å². The van der Waals surface area contributed by atoms with Gasteiger partial charge in [-0.3, -0.25) is 4.79 Å². The molecule has 0 bridgehead atoms. The fourth-order valence-corrected chi connectivity index (χ4v) is 3.50. The summed E-state index contributed by atoms with van der Waals surface area (Å²) in [7, 11) is 1.63. The van der Waals surface area contributed by atoms with Gasteiger partial charge in [-0.1, -0.05) is 30.3 Å². The molecule has 3 aromatic rings. The molecule has 2 heterocycles. The molecule has 0 atom stereocenters. The van der Waals surface area contributed by atoms with Crippen LogP contribution in [0.5, 0.6) is 5.75 Å². The zero-order chi connectivity index (χ0) is 19.3. The van der Waals surface area contributed by atoms with Crippen LogP contribution in [0, 0.1) is 0 Å². The second kappa shape index (κ2) is 8.27. The minimum atomic E-state index is 0.00628. The average molecular weight is 376 g/mol. The number of nitrogens with one attached hydrogen (secondary N) is 1. The lowest BCUT2D eigenvalue weighted by Gasteiger charge is -2.20. The number of carbonyl (C=O) groups is 1. The van der Waals surface area contributed by atoms with Crippen LogP contribution in [-0.4, -0.2) is 53.9 Å². The number of rotatable bonds is 4. The smallest absolute Gasteiger partial charge is 0.257 e. The van der Waals surface area contributed by atoms with Crippen LogP contribution in [0.25, 0.3) is 16.9 Å². The average Bonchev–Trinajstić information content (AvgIpc) is 3.01. The number of aromatic nitrogens is 2. The lowest BCUT2D eigenvalue weighted by molar-refractivity contribution is 0.0767. The van der Waals surface area contributed by atoms with Gasteiger partial charge in [0.2, 0.25) is 0 Å². The van der Waals surface area contributed by atoms with Crippen molar-refractivity contribution < 1.29 is 9.53 Å². The third kappa shape index (κ3) is 3.64. The molecule has 0 aliphatic carbocycles. The summed E-state index contributed by atoms with van der Waals surface area (Å²) in [6.45, 7) is 3.18. The van der Waals surface area contributed by atoms with Gasteiger partial charge in [-0.2, -0.15) is 5.10 Å². The molecule has 0 spiro atoms. The normalized spacial score (nSPS) is 14.5. The van der Waals surface area contributed by atoms with E-state index in [1.54, 1.807) is 11.8 Å². The maximum absolute atomic E-state index is 13.4. The summed E-state index contributed by atoms with van der Waals surface area (Å²) in [4.78, 5) is 15.3. The van der Waals surface area contributed by atoms with Crippen molar-refractivity contribution in [2.24, 2.45) is 0 Å². The Morgan fingerprint density at radius 3 is 2.64 bits per heavy atom. The van der Waals surface area contributed by atoms with E-state index in [4.69, 9.17) is 9.84 Å². The highest BCUT2D eigenvalue weighted by Gasteiger charge is 2.25. The Labute approximate surface area is 164 Å². The quantitative estimate of drug-likeness (QED) is 0.761. The predicted octanol–water partition coefficient (Wildman–Crippen LogP) is 2.98. The van der Waals surface area contributed by atoms with E-state index in [0.29, 0.717) is 23.6 Å². The summed E-state index contributed by atoms with van der Waals surface area (Å²) in [6, 6.07) is 17.5. The number of hydrogen-bond donors (Lipinski definition) is 1. The van der Waals surface area contributed by atoms with Gasteiger partial charge in [-0.25, -0.2) is 4.68 Å². The first-order valence-electron chi connectivity index (χ1n) is 9.56. The fourth-order valence-electron chi connectivity index (χ4n) is 3.50. The van der Waals surface area contributed by atoms with E-state index in [2.05, 4.69) is 5.32 Å². The zero-order valence-corrected chi connectivity index (χ0v) is 16.0. The number of methoxy groups -OCH3 is 1. The van der Waals surface area contributed by atoms with Gasteiger partial charge in [0.15, 0.2) is 0 Å². The Morgan fingerprint density at radius 2 is 1.82 bits per heavy atom. The number of carbonyl (C=O) groups excluding carboxylic acids is 1. The number of ether oxygens (including phenoxy) is 1. The summed E-state index contributed by atoms with van der Waals surface area (Å²) in [5.74, 6) is 0.708. The predicted molar refractivity (Wildman–Crippen MR) is 109 cm³/mol. The molecule has 0 unspecified atom stereocenters. The van der Waals surface area contributed by atoms with Gasteiger partial charge < -0.3 is 15.0 Å². The van der Waals surface area contributed by atoms with Crippen LogP contribution in [0.1, 0.15) is 16.8 Å². The van der Waals surface area contributed by atoms with E-state index in [1.807, 2.05) is 65.7 Å². The molecule has 0 saturated carbocycles. The minimum Gasteiger partial charge on any atom is -0.496 e. The Kier molecular flexibility index (Phi) is 5.39. The standard InChI is InChI=1S/C22H24N4O2/c1-28-20-11-6-5-10-18(20)21-19(22(27)25-14-7-12-23-13-15-25)16-26(24-21)17-8-3-2-4-9-17/h2-6,8-11,16,23H,7,12-15H2,1H3. The van der Waals surface area contributed by atoms with Crippen molar-refractivity contribution in [3.63, 3.8) is 0 Å². The summed E-state index contributed by atoms with van der Waals surface area (Å²) >= 11 is 0. The first-order chi connectivity index (χ1) is 13.8. The molecule has 0 radical (unpaired) electrons. The molecule has 2 aromatic carbocycles. The number of benzene rings is 2. The Balaban J connectivity index is 1.81. The molecule has 1 amide bonds. The maximum atomic E-state index is 13.4. The van der Waals surface area contributed by atoms with Gasteiger partial charge in [0.05, 0.1) is 18.4 Å². The van der Waals surface area contributed by atoms with E-state index < -0.39 is 0 Å². The summed E-state index contributed by atoms with van der Waals surface area (Å²) in [6.07, 6.45) is 2.78. The van der Waals surface area contributed by atoms with Gasteiger partial charge in [-0.15, -0.1) is 0 Å². The molecule has 1 aliphatic rings. The lowest BCUT2D eigenvalue weighted by Crippen LogP contribution is -2.34. The van der Waals surface area contributed by atoms with Crippen LogP contribution >= 0.6 is 0 Å². The number of nitrogens with zero attached hydrogens (tertiary/aromatic N) is 3. The number of para-hydroxylation sites is 2. The van der Waals surface area contributed by atoms with Crippen LogP contribution in [0.2, 0.25) is 0 Å². The fraction of sp³-hybridized carbons (Fsp3) is 0.273. The van der Waals surface area contributed by atoms with Gasteiger partial charge in [0, 0.05) is 31.4 Å². The van der Waals surface area contributed by atoms with Crippen molar-refractivity contribution in [1.29, 1.82) is 0 Å². The monoisotopic (exact) mass is 376 g/mol. The van der Waals surface area contributed by atoms with E-state index in [0.717, 1.165) is 37.3 Å². The number of hydrogen-bond acceptors (Lipinski definition) is 4. The highest BCUT2D eigenvalue weighted by molar-refractivity contribution is 6.00. The molecule has 1 fully saturated rings. The highest BCUT2D eigenvalue weighted by atomic mass is 16.5. The van der Waals surface area contributed by atoms with E-state index >= 15 is 0 Å². The topological polar surface area (TPSA) is 59.4 Å². The molecule has 1 aliphatic heterocycles. The molecule has 28 heavy (non-hydrogen) atoms. The summed E-state index contributed by atoms with van der Waals surface area (Å²) in [5, 5.41) is 8.12. The molecule has 4 rings (SSSR count). The van der Waals surface area contributed by atoms with Crippen LogP contribution in [0.4, 0.5) is 0 Å². The van der Waals surface area contributed by atoms with E-state index in [9.17, 15) is 4.79 Å². The SMILES string of the molecule is COc1ccccc1-c1nn(-c2ccccc2)cc1C(=O)N1CCCNCC1. The van der Waals surface area contributed by atoms with Crippen molar-refractivity contribution >= 4 is 5.91 Å². The van der Waals surface area contributed by atoms with Crippen molar-refractivity contribution in [3.05, 3.63) is 66.4 Å². The Hall–Kier alpha value is -3.12. The zero-order valence-electron chi connectivity index (χ0n) is 16.0. The van der Waals surface area contributed by atoms with Gasteiger partial charge >= 0.3 is 0 Å². The molecule has 6 heteroatoms. The Bertz CT molecular complexity index is 944. The molecular weight excluding hydrogens is 352 g/mol. The van der Waals surface area contributed by atoms with Crippen molar-refractivity contribution in [1.82, 2.24) is 20.0 Å². The molecule has 1 saturated heterocycles. The summed E-state index contributed by atoms with van der Waals surface area (Å²) < 4.78 is 7.30. The maximum Gasteiger partial charge on any atom is 0.257 e. The van der Waals surface area contributed by atoms with Crippen molar-refractivity contribution in [3.8, 4) is 22.7 Å². The molecule has 6 nitrogen and oxygen atoms in total. The van der Waals surface area contributed by atoms with Gasteiger partial charge in [0.25, 0.3) is 5.91 Å². The first kappa shape index (κ1) is 18.3. The minimum absolute atomic E-state index is 0.00628. The molecule has 144 valence electrons. The molecular formula is C22H24N4O2. The molecule has 1 N–H and O–H groups in total.